The third-order valence-corrected chi connectivity index (χ3v) is 5.62. The van der Waals surface area contributed by atoms with E-state index in [9.17, 15) is 4.79 Å². The van der Waals surface area contributed by atoms with Crippen molar-refractivity contribution in [2.24, 2.45) is 0 Å². The number of hydrogen-bond acceptors (Lipinski definition) is 8. The Hall–Kier alpha value is -3.99. The number of anilines is 1. The topological polar surface area (TPSA) is 133 Å². The fourth-order valence-electron chi connectivity index (χ4n) is 3.23. The minimum Gasteiger partial charge on any atom is -0.368 e. The summed E-state index contributed by atoms with van der Waals surface area (Å²) < 4.78 is 3.20. The van der Waals surface area contributed by atoms with Gasteiger partial charge in [0.2, 0.25) is 5.95 Å². The fraction of sp³-hybridized carbons (Fsp3) is 0.100. The van der Waals surface area contributed by atoms with Crippen LogP contribution in [0.3, 0.4) is 0 Å². The molecule has 0 radical (unpaired) electrons. The molecule has 4 heterocycles. The highest BCUT2D eigenvalue weighted by atomic mass is 32.2. The van der Waals surface area contributed by atoms with Gasteiger partial charge in [-0.3, -0.25) is 19.4 Å². The molecule has 0 unspecified atom stereocenters. The molecule has 5 rings (SSSR count). The standard InChI is InChI=1S/C20H17N9OS/c1-12-5-2-3-7-15(12)28-17(13-6-4-8-22-10-13)25-26-20(28)31-11-14-9-16(30)29-19(23-14)24-18(21)27-29/h2-10H,11H2,1H3,(H3,21,23,24,27). The number of hydrogen-bond donors (Lipinski definition) is 2. The molecular weight excluding hydrogens is 414 g/mol. The predicted molar refractivity (Wildman–Crippen MR) is 117 cm³/mol. The van der Waals surface area contributed by atoms with E-state index in [1.54, 1.807) is 12.4 Å². The number of nitrogen functional groups attached to an aromatic ring is 1. The Morgan fingerprint density at radius 2 is 2.00 bits per heavy atom. The van der Waals surface area contributed by atoms with Gasteiger partial charge in [-0.2, -0.15) is 9.50 Å². The number of nitrogens with two attached hydrogens (primary N) is 1. The van der Waals surface area contributed by atoms with Crippen LogP contribution in [0.4, 0.5) is 5.95 Å². The van der Waals surface area contributed by atoms with Gasteiger partial charge in [-0.25, -0.2) is 4.98 Å². The smallest absolute Gasteiger partial charge is 0.274 e. The fourth-order valence-corrected chi connectivity index (χ4v) is 4.07. The van der Waals surface area contributed by atoms with E-state index in [4.69, 9.17) is 5.73 Å². The molecule has 0 atom stereocenters. The number of nitrogens with one attached hydrogen (secondary N) is 1. The monoisotopic (exact) mass is 431 g/mol. The lowest BCUT2D eigenvalue weighted by molar-refractivity contribution is 0.874. The summed E-state index contributed by atoms with van der Waals surface area (Å²) in [6.07, 6.45) is 3.47. The van der Waals surface area contributed by atoms with Crippen molar-refractivity contribution in [1.82, 2.24) is 39.3 Å². The number of pyridine rings is 1. The molecule has 154 valence electrons. The predicted octanol–water partition coefficient (Wildman–Crippen LogP) is 2.24. The van der Waals surface area contributed by atoms with E-state index in [0.717, 1.165) is 16.8 Å². The third kappa shape index (κ3) is 3.55. The summed E-state index contributed by atoms with van der Waals surface area (Å²) in [6.45, 7) is 2.04. The average Bonchev–Trinajstić information content (AvgIpc) is 3.36. The number of H-pyrrole nitrogens is 1. The summed E-state index contributed by atoms with van der Waals surface area (Å²) in [5, 5.41) is 12.2. The van der Waals surface area contributed by atoms with Gasteiger partial charge >= 0.3 is 0 Å². The van der Waals surface area contributed by atoms with Gasteiger partial charge in [-0.1, -0.05) is 30.0 Å². The zero-order chi connectivity index (χ0) is 21.4. The third-order valence-electron chi connectivity index (χ3n) is 4.66. The minimum absolute atomic E-state index is 0.134. The van der Waals surface area contributed by atoms with Crippen molar-refractivity contribution < 1.29 is 0 Å². The Kier molecular flexibility index (Phi) is 4.71. The summed E-state index contributed by atoms with van der Waals surface area (Å²) in [7, 11) is 0. The molecule has 0 spiro atoms. The van der Waals surface area contributed by atoms with Crippen LogP contribution in [0, 0.1) is 6.92 Å². The molecular formula is C20H17N9OS. The molecule has 0 amide bonds. The van der Waals surface area contributed by atoms with Crippen molar-refractivity contribution in [2.75, 3.05) is 5.73 Å². The summed E-state index contributed by atoms with van der Waals surface area (Å²) >= 11 is 1.43. The Balaban J connectivity index is 1.55. The van der Waals surface area contributed by atoms with Crippen LogP contribution in [0.2, 0.25) is 0 Å². The normalized spacial score (nSPS) is 11.3. The van der Waals surface area contributed by atoms with Crippen molar-refractivity contribution >= 4 is 23.5 Å². The maximum Gasteiger partial charge on any atom is 0.274 e. The first-order valence-electron chi connectivity index (χ1n) is 9.39. The molecule has 3 N–H and O–H groups in total. The van der Waals surface area contributed by atoms with Crippen molar-refractivity contribution in [3.8, 4) is 17.1 Å². The van der Waals surface area contributed by atoms with E-state index in [1.165, 1.54) is 22.3 Å². The molecule has 10 nitrogen and oxygen atoms in total. The highest BCUT2D eigenvalue weighted by Crippen LogP contribution is 2.30. The lowest BCUT2D eigenvalue weighted by atomic mass is 10.2. The largest absolute Gasteiger partial charge is 0.368 e. The van der Waals surface area contributed by atoms with Crippen LogP contribution in [-0.4, -0.2) is 39.3 Å². The summed E-state index contributed by atoms with van der Waals surface area (Å²) in [5.41, 5.74) is 8.84. The first-order chi connectivity index (χ1) is 15.1. The second kappa shape index (κ2) is 7.69. The molecule has 0 aliphatic rings. The molecule has 0 bridgehead atoms. The van der Waals surface area contributed by atoms with E-state index in [0.29, 0.717) is 22.4 Å². The number of fused-ring (bicyclic) bond motifs is 1. The number of benzene rings is 1. The zero-order valence-corrected chi connectivity index (χ0v) is 17.2. The SMILES string of the molecule is Cc1ccccc1-n1c(SCc2cc(=O)n3[nH]c(N)nc3n2)nnc1-c1cccnc1. The zero-order valence-electron chi connectivity index (χ0n) is 16.4. The molecule has 0 aliphatic heterocycles. The highest BCUT2D eigenvalue weighted by Gasteiger charge is 2.18. The van der Waals surface area contributed by atoms with Crippen molar-refractivity contribution in [1.29, 1.82) is 0 Å². The van der Waals surface area contributed by atoms with E-state index >= 15 is 0 Å². The molecule has 5 aromatic rings. The van der Waals surface area contributed by atoms with Gasteiger partial charge in [0.25, 0.3) is 11.3 Å². The van der Waals surface area contributed by atoms with Gasteiger partial charge in [-0.05, 0) is 30.7 Å². The average molecular weight is 431 g/mol. The number of para-hydroxylation sites is 1. The summed E-state index contributed by atoms with van der Waals surface area (Å²) in [6, 6.07) is 13.3. The van der Waals surface area contributed by atoms with Gasteiger partial charge < -0.3 is 5.73 Å². The number of rotatable bonds is 5. The first kappa shape index (κ1) is 19.0. The first-order valence-corrected chi connectivity index (χ1v) is 10.4. The Labute approximate surface area is 180 Å². The molecule has 31 heavy (non-hydrogen) atoms. The van der Waals surface area contributed by atoms with Crippen LogP contribution in [0.15, 0.2) is 64.8 Å². The minimum atomic E-state index is -0.277. The molecule has 11 heteroatoms. The summed E-state index contributed by atoms with van der Waals surface area (Å²) in [4.78, 5) is 24.9. The number of aromatic amines is 1. The second-order valence-corrected chi connectivity index (χ2v) is 7.73. The van der Waals surface area contributed by atoms with E-state index in [1.807, 2.05) is 47.9 Å². The number of aryl methyl sites for hydroxylation is 1. The van der Waals surface area contributed by atoms with Gasteiger partial charge in [0.15, 0.2) is 11.0 Å². The van der Waals surface area contributed by atoms with Gasteiger partial charge in [0.05, 0.1) is 11.4 Å². The molecule has 0 saturated heterocycles. The van der Waals surface area contributed by atoms with Crippen LogP contribution in [0.5, 0.6) is 0 Å². The van der Waals surface area contributed by atoms with Crippen molar-refractivity contribution in [3.05, 3.63) is 76.5 Å². The van der Waals surface area contributed by atoms with Crippen LogP contribution in [0.1, 0.15) is 11.3 Å². The molecule has 0 fully saturated rings. The lowest BCUT2D eigenvalue weighted by Crippen LogP contribution is -2.15. The van der Waals surface area contributed by atoms with Crippen LogP contribution in [-0.2, 0) is 5.75 Å². The van der Waals surface area contributed by atoms with E-state index in [2.05, 4.69) is 30.2 Å². The molecule has 0 aliphatic carbocycles. The number of thioether (sulfide) groups is 1. The Morgan fingerprint density at radius 3 is 2.81 bits per heavy atom. The summed E-state index contributed by atoms with van der Waals surface area (Å²) in [5.74, 6) is 1.47. The lowest BCUT2D eigenvalue weighted by Gasteiger charge is -2.12. The Morgan fingerprint density at radius 1 is 1.13 bits per heavy atom. The van der Waals surface area contributed by atoms with Crippen molar-refractivity contribution in [2.45, 2.75) is 17.8 Å². The maximum atomic E-state index is 12.3. The second-order valence-electron chi connectivity index (χ2n) is 6.79. The molecule has 4 aromatic heterocycles. The van der Waals surface area contributed by atoms with E-state index in [-0.39, 0.29) is 17.3 Å². The van der Waals surface area contributed by atoms with Gasteiger partial charge in [0.1, 0.15) is 0 Å². The van der Waals surface area contributed by atoms with E-state index < -0.39 is 0 Å². The molecule has 0 saturated carbocycles. The van der Waals surface area contributed by atoms with Crippen molar-refractivity contribution in [3.63, 3.8) is 0 Å². The van der Waals surface area contributed by atoms with Crippen LogP contribution in [0.25, 0.3) is 22.9 Å². The maximum absolute atomic E-state index is 12.3. The van der Waals surface area contributed by atoms with Crippen LogP contribution < -0.4 is 11.3 Å². The van der Waals surface area contributed by atoms with Gasteiger partial charge in [0, 0.05) is 29.8 Å². The number of aromatic nitrogens is 8. The quantitative estimate of drug-likeness (QED) is 0.405. The number of nitrogens with zero attached hydrogens (tertiary/aromatic N) is 7. The Bertz CT molecular complexity index is 1440. The van der Waals surface area contributed by atoms with Crippen LogP contribution >= 0.6 is 11.8 Å². The highest BCUT2D eigenvalue weighted by molar-refractivity contribution is 7.98. The molecule has 1 aromatic carbocycles. The van der Waals surface area contributed by atoms with Gasteiger partial charge in [-0.15, -0.1) is 10.2 Å².